The molecule has 198 valence electrons. The van der Waals surface area contributed by atoms with Gasteiger partial charge in [0.1, 0.15) is 0 Å². The zero-order valence-corrected chi connectivity index (χ0v) is 21.9. The molecule has 2 saturated carbocycles. The maximum atomic E-state index is 13.6. The number of anilines is 2. The number of esters is 1. The average Bonchev–Trinajstić information content (AvgIpc) is 3.61. The summed E-state index contributed by atoms with van der Waals surface area (Å²) in [4.78, 5) is 53.5. The number of carbonyl (C=O) groups excluding carboxylic acids is 4. The van der Waals surface area contributed by atoms with Crippen LogP contribution in [0.15, 0.2) is 72.8 Å². The fraction of sp³-hybridized carbons (Fsp3) is 0.312. The molecule has 5 atom stereocenters. The molecule has 2 aliphatic carbocycles. The third kappa shape index (κ3) is 4.32. The summed E-state index contributed by atoms with van der Waals surface area (Å²) >= 11 is 0. The number of hydrogen-bond donors (Lipinski definition) is 1. The van der Waals surface area contributed by atoms with Gasteiger partial charge in [-0.05, 0) is 85.4 Å². The number of amides is 3. The number of benzene rings is 3. The van der Waals surface area contributed by atoms with Gasteiger partial charge in [-0.1, -0.05) is 48.5 Å². The van der Waals surface area contributed by atoms with Crippen LogP contribution in [0.2, 0.25) is 0 Å². The largest absolute Gasteiger partial charge is 0.452 e. The highest BCUT2D eigenvalue weighted by molar-refractivity contribution is 6.23. The number of imide groups is 1. The summed E-state index contributed by atoms with van der Waals surface area (Å²) < 4.78 is 5.25. The SMILES string of the molecule is Cc1cccc(NC(=O)COC(=O)c2cccc(N3C(=O)[C@@H]4[C@@H]5C[C@@H]([C@@H]4C3=O)[C@H](c3ccccc3)C5)c2)c1C. The van der Waals surface area contributed by atoms with E-state index < -0.39 is 18.5 Å². The number of nitrogens with one attached hydrogen (secondary N) is 1. The van der Waals surface area contributed by atoms with Gasteiger partial charge in [-0.3, -0.25) is 19.3 Å². The minimum atomic E-state index is -0.698. The molecule has 39 heavy (non-hydrogen) atoms. The average molecular weight is 523 g/mol. The number of aryl methyl sites for hydroxylation is 1. The Balaban J connectivity index is 1.14. The Morgan fingerprint density at radius 1 is 0.897 bits per heavy atom. The summed E-state index contributed by atoms with van der Waals surface area (Å²) in [6.07, 6.45) is 1.82. The zero-order chi connectivity index (χ0) is 27.3. The molecular weight excluding hydrogens is 492 g/mol. The molecule has 2 bridgehead atoms. The van der Waals surface area contributed by atoms with Gasteiger partial charge in [0.15, 0.2) is 6.61 Å². The van der Waals surface area contributed by atoms with Gasteiger partial charge in [-0.15, -0.1) is 0 Å². The van der Waals surface area contributed by atoms with Crippen LogP contribution in [0.4, 0.5) is 11.4 Å². The van der Waals surface area contributed by atoms with E-state index in [1.165, 1.54) is 16.5 Å². The quantitative estimate of drug-likeness (QED) is 0.362. The molecule has 3 aromatic carbocycles. The summed E-state index contributed by atoms with van der Waals surface area (Å²) in [5.41, 5.74) is 4.42. The van der Waals surface area contributed by atoms with Crippen LogP contribution in [0.5, 0.6) is 0 Å². The van der Waals surface area contributed by atoms with Crippen molar-refractivity contribution in [1.82, 2.24) is 0 Å². The van der Waals surface area contributed by atoms with E-state index in [-0.39, 0.29) is 47.0 Å². The van der Waals surface area contributed by atoms with E-state index in [9.17, 15) is 19.2 Å². The van der Waals surface area contributed by atoms with Crippen LogP contribution in [-0.4, -0.2) is 30.3 Å². The van der Waals surface area contributed by atoms with E-state index in [1.54, 1.807) is 24.3 Å². The van der Waals surface area contributed by atoms with Crippen molar-refractivity contribution in [2.24, 2.45) is 23.7 Å². The Morgan fingerprint density at radius 3 is 2.44 bits per heavy atom. The number of carbonyl (C=O) groups is 4. The number of ether oxygens (including phenoxy) is 1. The Morgan fingerprint density at radius 2 is 1.64 bits per heavy atom. The van der Waals surface area contributed by atoms with Crippen molar-refractivity contribution in [2.45, 2.75) is 32.6 Å². The van der Waals surface area contributed by atoms with Crippen molar-refractivity contribution in [2.75, 3.05) is 16.8 Å². The molecule has 0 spiro atoms. The summed E-state index contributed by atoms with van der Waals surface area (Å²) in [7, 11) is 0. The molecule has 7 heteroatoms. The summed E-state index contributed by atoms with van der Waals surface area (Å²) in [6, 6.07) is 22.2. The lowest BCUT2D eigenvalue weighted by Gasteiger charge is -2.28. The lowest BCUT2D eigenvalue weighted by Crippen LogP contribution is -2.33. The maximum Gasteiger partial charge on any atom is 0.338 e. The highest BCUT2D eigenvalue weighted by Gasteiger charge is 2.64. The number of rotatable bonds is 6. The third-order valence-electron chi connectivity index (χ3n) is 8.80. The lowest BCUT2D eigenvalue weighted by molar-refractivity contribution is -0.123. The first-order valence-electron chi connectivity index (χ1n) is 13.4. The second kappa shape index (κ2) is 9.80. The van der Waals surface area contributed by atoms with Crippen molar-refractivity contribution >= 4 is 35.1 Å². The fourth-order valence-electron chi connectivity index (χ4n) is 6.86. The van der Waals surface area contributed by atoms with Gasteiger partial charge in [0.05, 0.1) is 23.1 Å². The highest BCUT2D eigenvalue weighted by atomic mass is 16.5. The van der Waals surface area contributed by atoms with Crippen molar-refractivity contribution in [3.05, 3.63) is 95.1 Å². The van der Waals surface area contributed by atoms with E-state index in [1.807, 2.05) is 44.2 Å². The molecule has 1 heterocycles. The van der Waals surface area contributed by atoms with Crippen molar-refractivity contribution in [3.63, 3.8) is 0 Å². The first-order chi connectivity index (χ1) is 18.8. The number of nitrogens with zero attached hydrogens (tertiary/aromatic N) is 1. The Labute approximate surface area is 227 Å². The molecule has 1 N–H and O–H groups in total. The van der Waals surface area contributed by atoms with Gasteiger partial charge in [0.25, 0.3) is 5.91 Å². The molecule has 7 nitrogen and oxygen atoms in total. The van der Waals surface area contributed by atoms with Gasteiger partial charge < -0.3 is 10.1 Å². The molecule has 1 aliphatic heterocycles. The zero-order valence-electron chi connectivity index (χ0n) is 21.9. The van der Waals surface area contributed by atoms with Crippen molar-refractivity contribution in [3.8, 4) is 0 Å². The van der Waals surface area contributed by atoms with E-state index in [2.05, 4.69) is 17.4 Å². The summed E-state index contributed by atoms with van der Waals surface area (Å²) in [5, 5.41) is 2.76. The highest BCUT2D eigenvalue weighted by Crippen LogP contribution is 2.61. The second-order valence-electron chi connectivity index (χ2n) is 10.9. The molecular formula is C32H30N2O5. The lowest BCUT2D eigenvalue weighted by atomic mass is 9.73. The van der Waals surface area contributed by atoms with Crippen molar-refractivity contribution in [1.29, 1.82) is 0 Å². The minimum Gasteiger partial charge on any atom is -0.452 e. The topological polar surface area (TPSA) is 92.8 Å². The van der Waals surface area contributed by atoms with Crippen LogP contribution < -0.4 is 10.2 Å². The second-order valence-corrected chi connectivity index (χ2v) is 10.9. The van der Waals surface area contributed by atoms with E-state index in [0.29, 0.717) is 11.4 Å². The molecule has 3 fully saturated rings. The van der Waals surface area contributed by atoms with Gasteiger partial charge in [0, 0.05) is 5.69 Å². The molecule has 3 aliphatic rings. The third-order valence-corrected chi connectivity index (χ3v) is 8.80. The first kappa shape index (κ1) is 25.0. The first-order valence-corrected chi connectivity index (χ1v) is 13.4. The molecule has 0 aromatic heterocycles. The van der Waals surface area contributed by atoms with Gasteiger partial charge in [-0.25, -0.2) is 4.79 Å². The molecule has 6 rings (SSSR count). The minimum absolute atomic E-state index is 0.146. The fourth-order valence-corrected chi connectivity index (χ4v) is 6.86. The number of fused-ring (bicyclic) bond motifs is 5. The standard InChI is InChI=1S/C32H30N2O5/c1-18-8-6-13-26(19(18)2)33-27(35)17-39-32(38)21-11-7-12-23(14-21)34-30(36)28-22-15-24(20-9-4-3-5-10-20)25(16-22)29(28)31(34)37/h3-14,22,24-25,28-29H,15-17H2,1-2H3,(H,33,35)/t22-,24-,25+,28+,29-/m0/s1. The Hall–Kier alpha value is -4.26. The van der Waals surface area contributed by atoms with Crippen LogP contribution in [0.3, 0.4) is 0 Å². The molecule has 1 saturated heterocycles. The molecule has 0 unspecified atom stereocenters. The van der Waals surface area contributed by atoms with Crippen LogP contribution in [0.25, 0.3) is 0 Å². The van der Waals surface area contributed by atoms with E-state index >= 15 is 0 Å². The molecule has 0 radical (unpaired) electrons. The van der Waals surface area contributed by atoms with Crippen LogP contribution >= 0.6 is 0 Å². The molecule has 3 amide bonds. The molecule has 3 aromatic rings. The predicted molar refractivity (Wildman–Crippen MR) is 146 cm³/mol. The van der Waals surface area contributed by atoms with Crippen LogP contribution in [-0.2, 0) is 19.1 Å². The van der Waals surface area contributed by atoms with Crippen molar-refractivity contribution < 1.29 is 23.9 Å². The maximum absolute atomic E-state index is 13.6. The van der Waals surface area contributed by atoms with Gasteiger partial charge in [-0.2, -0.15) is 0 Å². The summed E-state index contributed by atoms with van der Waals surface area (Å²) in [5.74, 6) is -1.52. The van der Waals surface area contributed by atoms with E-state index in [4.69, 9.17) is 4.74 Å². The summed E-state index contributed by atoms with van der Waals surface area (Å²) in [6.45, 7) is 3.41. The predicted octanol–water partition coefficient (Wildman–Crippen LogP) is 5.03. The Bertz CT molecular complexity index is 1480. The Kier molecular flexibility index (Phi) is 6.29. The van der Waals surface area contributed by atoms with Crippen LogP contribution in [0, 0.1) is 37.5 Å². The smallest absolute Gasteiger partial charge is 0.338 e. The van der Waals surface area contributed by atoms with Gasteiger partial charge in [0.2, 0.25) is 11.8 Å². The van der Waals surface area contributed by atoms with Crippen LogP contribution in [0.1, 0.15) is 45.8 Å². The number of hydrogen-bond acceptors (Lipinski definition) is 5. The van der Waals surface area contributed by atoms with Gasteiger partial charge >= 0.3 is 5.97 Å². The van der Waals surface area contributed by atoms with E-state index in [0.717, 1.165) is 24.0 Å². The normalized spacial score (nSPS) is 25.1. The monoisotopic (exact) mass is 522 g/mol.